The highest BCUT2D eigenvalue weighted by atomic mass is 19.1. The molecule has 1 aromatic heterocycles. The van der Waals surface area contributed by atoms with Crippen LogP contribution >= 0.6 is 0 Å². The fourth-order valence-electron chi connectivity index (χ4n) is 2.79. The molecule has 3 rings (SSSR count). The summed E-state index contributed by atoms with van der Waals surface area (Å²) < 4.78 is 18.5. The molecule has 0 atom stereocenters. The molecule has 0 fully saturated rings. The van der Waals surface area contributed by atoms with Gasteiger partial charge in [0.15, 0.2) is 17.4 Å². The summed E-state index contributed by atoms with van der Waals surface area (Å²) in [6.07, 6.45) is 1.75. The number of aromatic nitrogens is 3. The number of nitrogens with one attached hydrogen (secondary N) is 1. The van der Waals surface area contributed by atoms with Gasteiger partial charge < -0.3 is 10.1 Å². The molecule has 0 spiro atoms. The molecule has 0 saturated heterocycles. The Bertz CT molecular complexity index is 951. The summed E-state index contributed by atoms with van der Waals surface area (Å²) in [4.78, 5) is 13.7. The first-order valence-corrected chi connectivity index (χ1v) is 9.06. The molecule has 0 aliphatic heterocycles. The molecule has 146 valence electrons. The molecule has 3 aromatic rings. The van der Waals surface area contributed by atoms with Gasteiger partial charge in [0, 0.05) is 0 Å². The number of carbonyl (C=O) groups is 1. The topological polar surface area (TPSA) is 69.0 Å². The van der Waals surface area contributed by atoms with Crippen LogP contribution in [0.4, 0.5) is 10.2 Å². The largest absolute Gasteiger partial charge is 0.494 e. The smallest absolute Gasteiger partial charge is 0.230 e. The van der Waals surface area contributed by atoms with E-state index >= 15 is 0 Å². The molecule has 0 bridgehead atoms. The van der Waals surface area contributed by atoms with E-state index in [1.165, 1.54) is 29.7 Å². The summed E-state index contributed by atoms with van der Waals surface area (Å²) in [6, 6.07) is 12.6. The minimum absolute atomic E-state index is 0.159. The van der Waals surface area contributed by atoms with Crippen molar-refractivity contribution in [1.29, 1.82) is 0 Å². The van der Waals surface area contributed by atoms with E-state index in [-0.39, 0.29) is 18.1 Å². The Balaban J connectivity index is 1.58. The summed E-state index contributed by atoms with van der Waals surface area (Å²) in [5.74, 6) is 0.417. The second-order valence-corrected chi connectivity index (χ2v) is 6.85. The molecule has 28 heavy (non-hydrogen) atoms. The summed E-state index contributed by atoms with van der Waals surface area (Å²) in [7, 11) is 1.42. The first-order chi connectivity index (χ1) is 13.4. The van der Waals surface area contributed by atoms with Gasteiger partial charge in [-0.1, -0.05) is 44.2 Å². The van der Waals surface area contributed by atoms with Crippen molar-refractivity contribution in [2.24, 2.45) is 0 Å². The first kappa shape index (κ1) is 19.5. The first-order valence-electron chi connectivity index (χ1n) is 9.06. The average molecular weight is 382 g/mol. The second kappa shape index (κ2) is 8.65. The number of ether oxygens (including phenoxy) is 1. The van der Waals surface area contributed by atoms with Gasteiger partial charge in [0.25, 0.3) is 0 Å². The highest BCUT2D eigenvalue weighted by Crippen LogP contribution is 2.19. The number of methoxy groups -OCH3 is 1. The molecule has 2 aromatic carbocycles. The molecule has 0 unspecified atom stereocenters. The quantitative estimate of drug-likeness (QED) is 0.675. The van der Waals surface area contributed by atoms with Crippen molar-refractivity contribution in [2.45, 2.75) is 32.7 Å². The van der Waals surface area contributed by atoms with Crippen LogP contribution in [0, 0.1) is 5.82 Å². The van der Waals surface area contributed by atoms with Crippen LogP contribution in [-0.4, -0.2) is 28.0 Å². The monoisotopic (exact) mass is 382 g/mol. The van der Waals surface area contributed by atoms with Gasteiger partial charge in [-0.15, -0.1) is 5.10 Å². The zero-order valence-electron chi connectivity index (χ0n) is 16.1. The molecule has 7 heteroatoms. The van der Waals surface area contributed by atoms with Crippen LogP contribution < -0.4 is 10.1 Å². The predicted molar refractivity (Wildman–Crippen MR) is 105 cm³/mol. The van der Waals surface area contributed by atoms with Crippen LogP contribution in [0.3, 0.4) is 0 Å². The van der Waals surface area contributed by atoms with E-state index in [0.29, 0.717) is 18.3 Å². The number of hydrogen-bond donors (Lipinski definition) is 1. The Hall–Kier alpha value is -3.22. The van der Waals surface area contributed by atoms with Crippen LogP contribution in [-0.2, 0) is 17.8 Å². The van der Waals surface area contributed by atoms with Crippen molar-refractivity contribution in [1.82, 2.24) is 15.0 Å². The third-order valence-corrected chi connectivity index (χ3v) is 4.35. The van der Waals surface area contributed by atoms with Gasteiger partial charge in [0.2, 0.25) is 5.91 Å². The third kappa shape index (κ3) is 4.94. The lowest BCUT2D eigenvalue weighted by molar-refractivity contribution is -0.115. The maximum absolute atomic E-state index is 13.5. The van der Waals surface area contributed by atoms with Crippen molar-refractivity contribution in [3.63, 3.8) is 0 Å². The summed E-state index contributed by atoms with van der Waals surface area (Å²) in [5.41, 5.74) is 2.97. The minimum atomic E-state index is -0.422. The number of halogens is 1. The van der Waals surface area contributed by atoms with Crippen LogP contribution in [0.1, 0.15) is 36.5 Å². The van der Waals surface area contributed by atoms with E-state index in [1.807, 2.05) is 24.3 Å². The minimum Gasteiger partial charge on any atom is -0.494 e. The SMILES string of the molecule is COc1cc(Cn2ncc(NC(=O)Cc3ccc(C(C)C)cc3)n2)ccc1F. The number of amides is 1. The van der Waals surface area contributed by atoms with Crippen molar-refractivity contribution in [3.05, 3.63) is 71.2 Å². The molecule has 6 nitrogen and oxygen atoms in total. The van der Waals surface area contributed by atoms with Gasteiger partial charge in [-0.3, -0.25) is 4.79 Å². The van der Waals surface area contributed by atoms with Crippen molar-refractivity contribution in [3.8, 4) is 5.75 Å². The highest BCUT2D eigenvalue weighted by Gasteiger charge is 2.09. The maximum atomic E-state index is 13.5. The second-order valence-electron chi connectivity index (χ2n) is 6.85. The zero-order valence-corrected chi connectivity index (χ0v) is 16.1. The van der Waals surface area contributed by atoms with E-state index in [0.717, 1.165) is 11.1 Å². The van der Waals surface area contributed by atoms with E-state index in [2.05, 4.69) is 29.4 Å². The molecular formula is C21H23FN4O2. The van der Waals surface area contributed by atoms with E-state index in [4.69, 9.17) is 4.74 Å². The molecular weight excluding hydrogens is 359 g/mol. The maximum Gasteiger partial charge on any atom is 0.230 e. The fourth-order valence-corrected chi connectivity index (χ4v) is 2.79. The average Bonchev–Trinajstić information content (AvgIpc) is 3.10. The van der Waals surface area contributed by atoms with Crippen molar-refractivity contribution in [2.75, 3.05) is 12.4 Å². The number of carbonyl (C=O) groups excluding carboxylic acids is 1. The van der Waals surface area contributed by atoms with E-state index in [1.54, 1.807) is 12.1 Å². The van der Waals surface area contributed by atoms with Crippen molar-refractivity contribution < 1.29 is 13.9 Å². The Kier molecular flexibility index (Phi) is 6.03. The fraction of sp³-hybridized carbons (Fsp3) is 0.286. The van der Waals surface area contributed by atoms with Crippen LogP contribution in [0.25, 0.3) is 0 Å². The van der Waals surface area contributed by atoms with E-state index in [9.17, 15) is 9.18 Å². The van der Waals surface area contributed by atoms with Crippen molar-refractivity contribution >= 4 is 11.7 Å². The molecule has 1 N–H and O–H groups in total. The van der Waals surface area contributed by atoms with Gasteiger partial charge in [0.1, 0.15) is 0 Å². The van der Waals surface area contributed by atoms with Gasteiger partial charge in [-0.25, -0.2) is 4.39 Å². The molecule has 0 saturated carbocycles. The number of hydrogen-bond acceptors (Lipinski definition) is 4. The lowest BCUT2D eigenvalue weighted by atomic mass is 10.0. The standard InChI is InChI=1S/C21H23FN4O2/c1-14(2)17-7-4-15(5-8-17)11-21(27)24-20-12-23-26(25-20)13-16-6-9-18(22)19(10-16)28-3/h4-10,12,14H,11,13H2,1-3H3,(H,24,25,27). The number of benzene rings is 2. The Labute approximate surface area is 163 Å². The normalized spacial score (nSPS) is 10.9. The number of rotatable bonds is 7. The third-order valence-electron chi connectivity index (χ3n) is 4.35. The predicted octanol–water partition coefficient (Wildman–Crippen LogP) is 3.78. The number of nitrogens with zero attached hydrogens (tertiary/aromatic N) is 3. The van der Waals surface area contributed by atoms with Crippen LogP contribution in [0.2, 0.25) is 0 Å². The highest BCUT2D eigenvalue weighted by molar-refractivity contribution is 5.91. The summed E-state index contributed by atoms with van der Waals surface area (Å²) in [6.45, 7) is 4.60. The lowest BCUT2D eigenvalue weighted by Crippen LogP contribution is -2.15. The molecule has 0 radical (unpaired) electrons. The Morgan fingerprint density at radius 2 is 1.89 bits per heavy atom. The summed E-state index contributed by atoms with van der Waals surface area (Å²) in [5, 5.41) is 11.1. The molecule has 0 aliphatic carbocycles. The van der Waals surface area contributed by atoms with Gasteiger partial charge >= 0.3 is 0 Å². The zero-order chi connectivity index (χ0) is 20.1. The molecule has 0 aliphatic rings. The van der Waals surface area contributed by atoms with Gasteiger partial charge in [-0.2, -0.15) is 9.90 Å². The summed E-state index contributed by atoms with van der Waals surface area (Å²) >= 11 is 0. The van der Waals surface area contributed by atoms with Crippen LogP contribution in [0.15, 0.2) is 48.7 Å². The molecule has 1 amide bonds. The van der Waals surface area contributed by atoms with Crippen LogP contribution in [0.5, 0.6) is 5.75 Å². The molecule has 1 heterocycles. The van der Waals surface area contributed by atoms with Gasteiger partial charge in [-0.05, 0) is 34.7 Å². The number of anilines is 1. The van der Waals surface area contributed by atoms with E-state index < -0.39 is 5.82 Å². The lowest BCUT2D eigenvalue weighted by Gasteiger charge is -2.07. The Morgan fingerprint density at radius 1 is 1.18 bits per heavy atom. The Morgan fingerprint density at radius 3 is 2.57 bits per heavy atom. The van der Waals surface area contributed by atoms with Gasteiger partial charge in [0.05, 0.1) is 26.3 Å².